The predicted octanol–water partition coefficient (Wildman–Crippen LogP) is -0.192. The van der Waals surface area contributed by atoms with Gasteiger partial charge in [-0.05, 0) is 6.92 Å². The van der Waals surface area contributed by atoms with Crippen LogP contribution in [0.5, 0.6) is 0 Å². The van der Waals surface area contributed by atoms with E-state index in [0.717, 1.165) is 5.69 Å². The molecular formula is C11H19N3O3. The van der Waals surface area contributed by atoms with Gasteiger partial charge >= 0.3 is 0 Å². The molecule has 0 aliphatic rings. The summed E-state index contributed by atoms with van der Waals surface area (Å²) in [5, 5.41) is 13.6. The fourth-order valence-electron chi connectivity index (χ4n) is 1.56. The first-order valence-electron chi connectivity index (χ1n) is 5.38. The molecule has 0 aliphatic carbocycles. The molecule has 1 aromatic heterocycles. The van der Waals surface area contributed by atoms with Crippen LogP contribution in [-0.2, 0) is 11.8 Å². The predicted molar refractivity (Wildman–Crippen MR) is 62.8 cm³/mol. The first-order valence-corrected chi connectivity index (χ1v) is 5.38. The van der Waals surface area contributed by atoms with Crippen molar-refractivity contribution in [3.05, 3.63) is 17.5 Å². The van der Waals surface area contributed by atoms with Gasteiger partial charge in [-0.3, -0.25) is 9.48 Å². The van der Waals surface area contributed by atoms with E-state index in [1.54, 1.807) is 18.8 Å². The molecule has 1 unspecified atom stereocenters. The van der Waals surface area contributed by atoms with Crippen molar-refractivity contribution < 1.29 is 14.6 Å². The molecule has 0 saturated heterocycles. The highest BCUT2D eigenvalue weighted by molar-refractivity contribution is 5.94. The molecule has 1 rings (SSSR count). The zero-order valence-corrected chi connectivity index (χ0v) is 10.7. The van der Waals surface area contributed by atoms with E-state index in [4.69, 9.17) is 4.74 Å². The Balaban J connectivity index is 2.67. The highest BCUT2D eigenvalue weighted by Gasteiger charge is 2.19. The number of aliphatic hydroxyl groups excluding tert-OH is 1. The second-order valence-corrected chi connectivity index (χ2v) is 4.06. The molecule has 17 heavy (non-hydrogen) atoms. The van der Waals surface area contributed by atoms with Crippen molar-refractivity contribution in [3.63, 3.8) is 0 Å². The van der Waals surface area contributed by atoms with Crippen LogP contribution in [0, 0.1) is 6.92 Å². The molecule has 0 fully saturated rings. The smallest absolute Gasteiger partial charge is 0.257 e. The van der Waals surface area contributed by atoms with Crippen molar-refractivity contribution in [2.45, 2.75) is 13.0 Å². The van der Waals surface area contributed by atoms with Crippen LogP contribution in [-0.4, -0.2) is 59.1 Å². The van der Waals surface area contributed by atoms with E-state index >= 15 is 0 Å². The average Bonchev–Trinajstić information content (AvgIpc) is 2.59. The number of methoxy groups -OCH3 is 1. The molecule has 0 bridgehead atoms. The number of aliphatic hydroxyl groups is 1. The van der Waals surface area contributed by atoms with Crippen molar-refractivity contribution in [3.8, 4) is 0 Å². The van der Waals surface area contributed by atoms with Gasteiger partial charge in [-0.25, -0.2) is 0 Å². The standard InChI is InChI=1S/C11H19N3O3/c1-8-10(5-12-14(8)3)11(16)13(2)6-9(15)7-17-4/h5,9,15H,6-7H2,1-4H3. The lowest BCUT2D eigenvalue weighted by molar-refractivity contribution is 0.0380. The van der Waals surface area contributed by atoms with Crippen LogP contribution in [0.15, 0.2) is 6.20 Å². The number of aromatic nitrogens is 2. The molecule has 1 N–H and O–H groups in total. The minimum absolute atomic E-state index is 0.147. The van der Waals surface area contributed by atoms with Gasteiger partial charge in [0.1, 0.15) is 0 Å². The van der Waals surface area contributed by atoms with E-state index in [0.29, 0.717) is 5.56 Å². The second-order valence-electron chi connectivity index (χ2n) is 4.06. The SMILES string of the molecule is COCC(O)CN(C)C(=O)c1cnn(C)c1C. The zero-order valence-electron chi connectivity index (χ0n) is 10.7. The number of ether oxygens (including phenoxy) is 1. The quantitative estimate of drug-likeness (QED) is 0.775. The number of hydrogen-bond donors (Lipinski definition) is 1. The summed E-state index contributed by atoms with van der Waals surface area (Å²) in [5.74, 6) is -0.147. The molecule has 0 aromatic carbocycles. The Labute approximate surface area is 101 Å². The van der Waals surface area contributed by atoms with E-state index in [2.05, 4.69) is 5.10 Å². The first-order chi connectivity index (χ1) is 7.97. The molecule has 0 radical (unpaired) electrons. The van der Waals surface area contributed by atoms with Crippen LogP contribution in [0.3, 0.4) is 0 Å². The lowest BCUT2D eigenvalue weighted by Crippen LogP contribution is -2.36. The van der Waals surface area contributed by atoms with E-state index in [1.165, 1.54) is 18.2 Å². The minimum atomic E-state index is -0.675. The number of nitrogens with zero attached hydrogens (tertiary/aromatic N) is 3. The summed E-state index contributed by atoms with van der Waals surface area (Å²) in [6.45, 7) is 2.28. The Kier molecular flexibility index (Phi) is 4.65. The summed E-state index contributed by atoms with van der Waals surface area (Å²) in [5.41, 5.74) is 1.36. The Hall–Kier alpha value is -1.40. The van der Waals surface area contributed by atoms with Gasteiger partial charge in [0.05, 0.1) is 24.5 Å². The van der Waals surface area contributed by atoms with Gasteiger partial charge in [-0.2, -0.15) is 5.10 Å². The summed E-state index contributed by atoms with van der Waals surface area (Å²) in [7, 11) is 4.94. The molecule has 1 amide bonds. The van der Waals surface area contributed by atoms with Crippen molar-refractivity contribution in [1.29, 1.82) is 0 Å². The lowest BCUT2D eigenvalue weighted by atomic mass is 10.2. The van der Waals surface area contributed by atoms with Gasteiger partial charge in [-0.15, -0.1) is 0 Å². The normalized spacial score (nSPS) is 12.5. The molecule has 1 heterocycles. The highest BCUT2D eigenvalue weighted by atomic mass is 16.5. The fourth-order valence-corrected chi connectivity index (χ4v) is 1.56. The highest BCUT2D eigenvalue weighted by Crippen LogP contribution is 2.08. The third-order valence-corrected chi connectivity index (χ3v) is 2.66. The molecule has 6 heteroatoms. The molecule has 0 aliphatic heterocycles. The van der Waals surface area contributed by atoms with Gasteiger partial charge in [0.25, 0.3) is 5.91 Å². The van der Waals surface area contributed by atoms with Crippen LogP contribution < -0.4 is 0 Å². The van der Waals surface area contributed by atoms with Crippen LogP contribution >= 0.6 is 0 Å². The van der Waals surface area contributed by atoms with Crippen molar-refractivity contribution in [2.75, 3.05) is 27.3 Å². The number of aryl methyl sites for hydroxylation is 1. The maximum atomic E-state index is 12.0. The topological polar surface area (TPSA) is 67.6 Å². The van der Waals surface area contributed by atoms with E-state index < -0.39 is 6.10 Å². The molecule has 0 spiro atoms. The molecule has 1 aromatic rings. The van der Waals surface area contributed by atoms with Gasteiger partial charge in [-0.1, -0.05) is 0 Å². The Morgan fingerprint density at radius 1 is 1.71 bits per heavy atom. The van der Waals surface area contributed by atoms with Gasteiger partial charge in [0.15, 0.2) is 0 Å². The number of rotatable bonds is 5. The second kappa shape index (κ2) is 5.79. The molecule has 6 nitrogen and oxygen atoms in total. The van der Waals surface area contributed by atoms with Crippen molar-refractivity contribution >= 4 is 5.91 Å². The summed E-state index contributed by atoms with van der Waals surface area (Å²) < 4.78 is 6.46. The summed E-state index contributed by atoms with van der Waals surface area (Å²) in [6.07, 6.45) is 0.863. The van der Waals surface area contributed by atoms with Crippen LogP contribution in [0.25, 0.3) is 0 Å². The fraction of sp³-hybridized carbons (Fsp3) is 0.636. The average molecular weight is 241 g/mol. The first kappa shape index (κ1) is 13.7. The number of carbonyl (C=O) groups is 1. The Bertz CT molecular complexity index is 389. The third kappa shape index (κ3) is 3.28. The number of amides is 1. The molecular weight excluding hydrogens is 222 g/mol. The zero-order chi connectivity index (χ0) is 13.0. The lowest BCUT2D eigenvalue weighted by Gasteiger charge is -2.20. The largest absolute Gasteiger partial charge is 0.389 e. The monoisotopic (exact) mass is 241 g/mol. The third-order valence-electron chi connectivity index (χ3n) is 2.66. The van der Waals surface area contributed by atoms with Crippen molar-refractivity contribution in [1.82, 2.24) is 14.7 Å². The molecule has 0 saturated carbocycles. The Morgan fingerprint density at radius 3 is 2.82 bits per heavy atom. The van der Waals surface area contributed by atoms with E-state index in [1.807, 2.05) is 6.92 Å². The summed E-state index contributed by atoms with van der Waals surface area (Å²) in [4.78, 5) is 13.5. The maximum Gasteiger partial charge on any atom is 0.257 e. The minimum Gasteiger partial charge on any atom is -0.389 e. The summed E-state index contributed by atoms with van der Waals surface area (Å²) in [6, 6.07) is 0. The van der Waals surface area contributed by atoms with Crippen LogP contribution in [0.4, 0.5) is 0 Å². The molecule has 96 valence electrons. The Morgan fingerprint density at radius 2 is 2.35 bits per heavy atom. The maximum absolute atomic E-state index is 12.0. The van der Waals surface area contributed by atoms with Gasteiger partial charge < -0.3 is 14.7 Å². The van der Waals surface area contributed by atoms with Crippen LogP contribution in [0.1, 0.15) is 16.1 Å². The van der Waals surface area contributed by atoms with Crippen LogP contribution in [0.2, 0.25) is 0 Å². The van der Waals surface area contributed by atoms with Gasteiger partial charge in [0.2, 0.25) is 0 Å². The van der Waals surface area contributed by atoms with E-state index in [-0.39, 0.29) is 19.1 Å². The number of carbonyl (C=O) groups excluding carboxylic acids is 1. The number of hydrogen-bond acceptors (Lipinski definition) is 4. The van der Waals surface area contributed by atoms with Gasteiger partial charge in [0, 0.05) is 33.4 Å². The van der Waals surface area contributed by atoms with E-state index in [9.17, 15) is 9.90 Å². The van der Waals surface area contributed by atoms with Crippen molar-refractivity contribution in [2.24, 2.45) is 7.05 Å². The summed E-state index contributed by atoms with van der Waals surface area (Å²) >= 11 is 0. The molecule has 1 atom stereocenters. The number of likely N-dealkylation sites (N-methyl/N-ethyl adjacent to an activating group) is 1.